The van der Waals surface area contributed by atoms with Gasteiger partial charge in [-0.25, -0.2) is 9.97 Å². The Morgan fingerprint density at radius 2 is 2.11 bits per heavy atom. The van der Waals surface area contributed by atoms with E-state index in [1.807, 2.05) is 31.0 Å². The van der Waals surface area contributed by atoms with Crippen molar-refractivity contribution < 1.29 is 4.79 Å². The number of carbonyl (C=O) groups is 1. The highest BCUT2D eigenvalue weighted by Gasteiger charge is 2.23. The maximum atomic E-state index is 12.7. The van der Waals surface area contributed by atoms with Gasteiger partial charge in [0, 0.05) is 37.9 Å². The number of benzene rings is 1. The lowest BCUT2D eigenvalue weighted by atomic mass is 9.96. The summed E-state index contributed by atoms with van der Waals surface area (Å²) in [6, 6.07) is 8.10. The molecule has 0 unspecified atom stereocenters. The molecule has 1 aromatic heterocycles. The van der Waals surface area contributed by atoms with E-state index in [0.29, 0.717) is 11.5 Å². The number of aryl methyl sites for hydroxylation is 1. The van der Waals surface area contributed by atoms with E-state index in [1.54, 1.807) is 6.20 Å². The fraction of sp³-hybridized carbons (Fsp3) is 0.476. The van der Waals surface area contributed by atoms with Crippen LogP contribution in [0.15, 0.2) is 36.8 Å². The minimum absolute atomic E-state index is 0.00591. The molecule has 1 aliphatic heterocycles. The number of amides is 1. The summed E-state index contributed by atoms with van der Waals surface area (Å²) in [4.78, 5) is 25.1. The third-order valence-corrected chi connectivity index (χ3v) is 5.51. The van der Waals surface area contributed by atoms with E-state index in [1.165, 1.54) is 24.7 Å². The van der Waals surface area contributed by atoms with Crippen molar-refractivity contribution in [3.05, 3.63) is 58.6 Å². The van der Waals surface area contributed by atoms with Crippen molar-refractivity contribution in [1.82, 2.24) is 19.8 Å². The average molecular weight is 387 g/mol. The van der Waals surface area contributed by atoms with Crippen LogP contribution in [0, 0.1) is 12.8 Å². The van der Waals surface area contributed by atoms with Crippen LogP contribution in [0.2, 0.25) is 5.02 Å². The molecule has 1 saturated heterocycles. The van der Waals surface area contributed by atoms with E-state index in [-0.39, 0.29) is 5.91 Å². The van der Waals surface area contributed by atoms with Gasteiger partial charge in [0.05, 0.1) is 11.3 Å². The number of halogens is 1. The summed E-state index contributed by atoms with van der Waals surface area (Å²) in [7, 11) is 1.88. The first kappa shape index (κ1) is 19.8. The summed E-state index contributed by atoms with van der Waals surface area (Å²) in [5.74, 6) is 0.509. The van der Waals surface area contributed by atoms with Gasteiger partial charge in [0.2, 0.25) is 0 Å². The lowest BCUT2D eigenvalue weighted by Crippen LogP contribution is -2.42. The minimum Gasteiger partial charge on any atom is -0.341 e. The Bertz CT molecular complexity index is 765. The summed E-state index contributed by atoms with van der Waals surface area (Å²) in [6.45, 7) is 5.83. The summed E-state index contributed by atoms with van der Waals surface area (Å²) in [5, 5.41) is 0.781. The van der Waals surface area contributed by atoms with E-state index in [2.05, 4.69) is 27.0 Å². The van der Waals surface area contributed by atoms with Crippen LogP contribution in [0.25, 0.3) is 0 Å². The Kier molecular flexibility index (Phi) is 6.80. The van der Waals surface area contributed by atoms with Crippen molar-refractivity contribution in [3.63, 3.8) is 0 Å². The van der Waals surface area contributed by atoms with Crippen LogP contribution in [0.1, 0.15) is 34.5 Å². The molecule has 0 aliphatic carbocycles. The van der Waals surface area contributed by atoms with Crippen LogP contribution in [0.4, 0.5) is 0 Å². The van der Waals surface area contributed by atoms with Crippen molar-refractivity contribution in [2.45, 2.75) is 26.2 Å². The molecule has 1 amide bonds. The third-order valence-electron chi connectivity index (χ3n) is 5.25. The molecule has 144 valence electrons. The molecular weight excluding hydrogens is 360 g/mol. The van der Waals surface area contributed by atoms with Crippen LogP contribution in [-0.4, -0.2) is 58.9 Å². The van der Waals surface area contributed by atoms with Gasteiger partial charge in [-0.3, -0.25) is 4.79 Å². The molecule has 3 rings (SSSR count). The molecule has 0 spiro atoms. The van der Waals surface area contributed by atoms with E-state index < -0.39 is 0 Å². The maximum absolute atomic E-state index is 12.7. The smallest absolute Gasteiger partial charge is 0.257 e. The Morgan fingerprint density at radius 1 is 1.33 bits per heavy atom. The van der Waals surface area contributed by atoms with Gasteiger partial charge in [0.15, 0.2) is 0 Å². The molecule has 2 aromatic rings. The van der Waals surface area contributed by atoms with Gasteiger partial charge < -0.3 is 9.80 Å². The van der Waals surface area contributed by atoms with Gasteiger partial charge in [-0.05, 0) is 56.3 Å². The second-order valence-electron chi connectivity index (χ2n) is 7.39. The van der Waals surface area contributed by atoms with E-state index in [4.69, 9.17) is 11.6 Å². The van der Waals surface area contributed by atoms with Crippen molar-refractivity contribution >= 4 is 17.5 Å². The number of hydrogen-bond acceptors (Lipinski definition) is 4. The molecule has 1 aromatic carbocycles. The number of likely N-dealkylation sites (tertiary alicyclic amines) is 1. The Morgan fingerprint density at radius 3 is 2.85 bits per heavy atom. The molecule has 27 heavy (non-hydrogen) atoms. The van der Waals surface area contributed by atoms with Gasteiger partial charge in [-0.1, -0.05) is 23.7 Å². The van der Waals surface area contributed by atoms with E-state index >= 15 is 0 Å². The standard InChI is InChI=1S/C21H27ClN4O/c1-16-20(12-23-15-24-16)21(27)25(2)13-18-4-3-10-26(14-18)11-9-17-5-7-19(22)8-6-17/h5-8,12,15,18H,3-4,9-11,13-14H2,1-2H3/t18-/m0/s1. The molecule has 0 bridgehead atoms. The van der Waals surface area contributed by atoms with Gasteiger partial charge in [0.25, 0.3) is 5.91 Å². The van der Waals surface area contributed by atoms with Crippen LogP contribution >= 0.6 is 11.6 Å². The zero-order chi connectivity index (χ0) is 19.2. The van der Waals surface area contributed by atoms with Crippen molar-refractivity contribution in [3.8, 4) is 0 Å². The second-order valence-corrected chi connectivity index (χ2v) is 7.83. The molecular formula is C21H27ClN4O. The van der Waals surface area contributed by atoms with Crippen LogP contribution in [-0.2, 0) is 6.42 Å². The molecule has 1 fully saturated rings. The number of piperidine rings is 1. The maximum Gasteiger partial charge on any atom is 0.257 e. The van der Waals surface area contributed by atoms with Gasteiger partial charge >= 0.3 is 0 Å². The molecule has 5 nitrogen and oxygen atoms in total. The molecule has 0 saturated carbocycles. The highest BCUT2D eigenvalue weighted by molar-refractivity contribution is 6.30. The second kappa shape index (κ2) is 9.29. The molecule has 0 N–H and O–H groups in total. The number of carbonyl (C=O) groups excluding carboxylic acids is 1. The van der Waals surface area contributed by atoms with Gasteiger partial charge in [0.1, 0.15) is 6.33 Å². The highest BCUT2D eigenvalue weighted by Crippen LogP contribution is 2.19. The normalized spacial score (nSPS) is 17.7. The third kappa shape index (κ3) is 5.50. The summed E-state index contributed by atoms with van der Waals surface area (Å²) < 4.78 is 0. The summed E-state index contributed by atoms with van der Waals surface area (Å²) in [5.41, 5.74) is 2.64. The predicted octanol–water partition coefficient (Wildman–Crippen LogP) is 3.47. The van der Waals surface area contributed by atoms with Crippen LogP contribution in [0.3, 0.4) is 0 Å². The topological polar surface area (TPSA) is 49.3 Å². The summed E-state index contributed by atoms with van der Waals surface area (Å²) >= 11 is 5.96. The SMILES string of the molecule is Cc1ncncc1C(=O)N(C)C[C@@H]1CCCN(CCc2ccc(Cl)cc2)C1. The largest absolute Gasteiger partial charge is 0.341 e. The fourth-order valence-corrected chi connectivity index (χ4v) is 3.84. The molecule has 1 aliphatic rings. The first-order valence-corrected chi connectivity index (χ1v) is 9.89. The lowest BCUT2D eigenvalue weighted by Gasteiger charge is -2.34. The highest BCUT2D eigenvalue weighted by atomic mass is 35.5. The number of nitrogens with zero attached hydrogens (tertiary/aromatic N) is 4. The van der Waals surface area contributed by atoms with Crippen molar-refractivity contribution in [1.29, 1.82) is 0 Å². The zero-order valence-corrected chi connectivity index (χ0v) is 16.8. The number of rotatable bonds is 6. The predicted molar refractivity (Wildman–Crippen MR) is 108 cm³/mol. The Hall–Kier alpha value is -1.98. The monoisotopic (exact) mass is 386 g/mol. The Labute approximate surface area is 166 Å². The molecule has 0 radical (unpaired) electrons. The molecule has 1 atom stereocenters. The van der Waals surface area contributed by atoms with Gasteiger partial charge in [-0.2, -0.15) is 0 Å². The lowest BCUT2D eigenvalue weighted by molar-refractivity contribution is 0.0728. The number of aromatic nitrogens is 2. The Balaban J connectivity index is 1.51. The van der Waals surface area contributed by atoms with Crippen molar-refractivity contribution in [2.75, 3.05) is 33.2 Å². The number of hydrogen-bond donors (Lipinski definition) is 0. The average Bonchev–Trinajstić information content (AvgIpc) is 2.68. The van der Waals surface area contributed by atoms with E-state index in [9.17, 15) is 4.79 Å². The van der Waals surface area contributed by atoms with Crippen LogP contribution < -0.4 is 0 Å². The van der Waals surface area contributed by atoms with E-state index in [0.717, 1.165) is 43.3 Å². The van der Waals surface area contributed by atoms with Crippen molar-refractivity contribution in [2.24, 2.45) is 5.92 Å². The quantitative estimate of drug-likeness (QED) is 0.762. The zero-order valence-electron chi connectivity index (χ0n) is 16.1. The fourth-order valence-electron chi connectivity index (χ4n) is 3.72. The molecule has 6 heteroatoms. The molecule has 2 heterocycles. The van der Waals surface area contributed by atoms with Crippen LogP contribution in [0.5, 0.6) is 0 Å². The first-order chi connectivity index (χ1) is 13.0. The summed E-state index contributed by atoms with van der Waals surface area (Å²) in [6.07, 6.45) is 6.46. The minimum atomic E-state index is 0.00591. The first-order valence-electron chi connectivity index (χ1n) is 9.52. The van der Waals surface area contributed by atoms with Gasteiger partial charge in [-0.15, -0.1) is 0 Å².